The van der Waals surface area contributed by atoms with Crippen molar-refractivity contribution in [2.45, 2.75) is 25.8 Å². The van der Waals surface area contributed by atoms with Crippen molar-refractivity contribution in [2.75, 3.05) is 23.3 Å². The van der Waals surface area contributed by atoms with E-state index in [1.165, 1.54) is 6.07 Å². The molecular formula is C16H20FN5O2. The van der Waals surface area contributed by atoms with Gasteiger partial charge in [0, 0.05) is 26.2 Å². The van der Waals surface area contributed by atoms with Gasteiger partial charge in [0.1, 0.15) is 11.5 Å². The normalized spacial score (nSPS) is 15.5. The largest absolute Gasteiger partial charge is 0.380 e. The first kappa shape index (κ1) is 16.2. The van der Waals surface area contributed by atoms with Crippen LogP contribution in [0.25, 0.3) is 0 Å². The first-order valence-electron chi connectivity index (χ1n) is 7.91. The average molecular weight is 333 g/mol. The number of benzene rings is 1. The number of para-hydroxylation sites is 1. The van der Waals surface area contributed by atoms with Gasteiger partial charge in [0.15, 0.2) is 0 Å². The van der Waals surface area contributed by atoms with Gasteiger partial charge in [-0.05, 0) is 31.9 Å². The Morgan fingerprint density at radius 3 is 2.62 bits per heavy atom. The molecule has 0 bridgehead atoms. The van der Waals surface area contributed by atoms with E-state index >= 15 is 0 Å². The maximum absolute atomic E-state index is 13.7. The van der Waals surface area contributed by atoms with Gasteiger partial charge >= 0.3 is 5.69 Å². The van der Waals surface area contributed by atoms with Crippen LogP contribution in [0.5, 0.6) is 0 Å². The van der Waals surface area contributed by atoms with Crippen molar-refractivity contribution in [3.8, 4) is 0 Å². The summed E-state index contributed by atoms with van der Waals surface area (Å²) in [5.41, 5.74) is 0.987. The van der Waals surface area contributed by atoms with Crippen LogP contribution in [0.1, 0.15) is 18.5 Å². The van der Waals surface area contributed by atoms with Gasteiger partial charge in [-0.2, -0.15) is 5.10 Å². The Bertz CT molecular complexity index is 753. The highest BCUT2D eigenvalue weighted by Gasteiger charge is 2.31. The molecule has 1 fully saturated rings. The number of rotatable bonds is 4. The van der Waals surface area contributed by atoms with Crippen LogP contribution in [0, 0.1) is 22.9 Å². The highest BCUT2D eigenvalue weighted by molar-refractivity contribution is 5.61. The summed E-state index contributed by atoms with van der Waals surface area (Å²) in [6.45, 7) is 2.96. The number of halogens is 1. The summed E-state index contributed by atoms with van der Waals surface area (Å²) in [6.07, 6.45) is 1.55. The molecule has 1 aromatic heterocycles. The van der Waals surface area contributed by atoms with Crippen LogP contribution in [-0.2, 0) is 7.05 Å². The monoisotopic (exact) mass is 333 g/mol. The minimum absolute atomic E-state index is 0.0676. The summed E-state index contributed by atoms with van der Waals surface area (Å²) in [4.78, 5) is 12.9. The van der Waals surface area contributed by atoms with Gasteiger partial charge in [-0.25, -0.2) is 9.07 Å². The van der Waals surface area contributed by atoms with E-state index in [1.807, 2.05) is 4.90 Å². The second-order valence-corrected chi connectivity index (χ2v) is 6.02. The molecule has 0 amide bonds. The molecule has 0 unspecified atom stereocenters. The van der Waals surface area contributed by atoms with Crippen molar-refractivity contribution in [1.82, 2.24) is 9.78 Å². The van der Waals surface area contributed by atoms with E-state index in [9.17, 15) is 14.5 Å². The van der Waals surface area contributed by atoms with Gasteiger partial charge in [-0.3, -0.25) is 10.1 Å². The fraction of sp³-hybridized carbons (Fsp3) is 0.438. The van der Waals surface area contributed by atoms with Crippen LogP contribution in [0.3, 0.4) is 0 Å². The van der Waals surface area contributed by atoms with Crippen molar-refractivity contribution in [1.29, 1.82) is 0 Å². The molecule has 2 aromatic rings. The van der Waals surface area contributed by atoms with Crippen molar-refractivity contribution >= 4 is 17.2 Å². The number of nitrogens with zero attached hydrogens (tertiary/aromatic N) is 4. The lowest BCUT2D eigenvalue weighted by Crippen LogP contribution is -2.40. The Kier molecular flexibility index (Phi) is 4.37. The molecule has 0 aliphatic carbocycles. The smallest absolute Gasteiger partial charge is 0.333 e. The molecule has 8 heteroatoms. The van der Waals surface area contributed by atoms with Gasteiger partial charge in [0.05, 0.1) is 10.6 Å². The number of anilines is 2. The van der Waals surface area contributed by atoms with E-state index in [4.69, 9.17) is 0 Å². The fourth-order valence-corrected chi connectivity index (χ4v) is 3.24. The highest BCUT2D eigenvalue weighted by Crippen LogP contribution is 2.33. The summed E-state index contributed by atoms with van der Waals surface area (Å²) in [6, 6.07) is 6.75. The molecule has 3 rings (SSSR count). The molecule has 128 valence electrons. The first-order valence-corrected chi connectivity index (χ1v) is 7.91. The Labute approximate surface area is 139 Å². The van der Waals surface area contributed by atoms with Crippen molar-refractivity contribution in [2.24, 2.45) is 7.05 Å². The van der Waals surface area contributed by atoms with Crippen molar-refractivity contribution in [3.05, 3.63) is 45.9 Å². The molecule has 1 aliphatic heterocycles. The highest BCUT2D eigenvalue weighted by atomic mass is 19.1. The van der Waals surface area contributed by atoms with Crippen LogP contribution in [0.4, 0.5) is 21.6 Å². The van der Waals surface area contributed by atoms with E-state index in [0.29, 0.717) is 30.3 Å². The predicted molar refractivity (Wildman–Crippen MR) is 89.9 cm³/mol. The summed E-state index contributed by atoms with van der Waals surface area (Å²) < 4.78 is 15.3. The lowest BCUT2D eigenvalue weighted by Gasteiger charge is -2.33. The summed E-state index contributed by atoms with van der Waals surface area (Å²) >= 11 is 0. The molecule has 7 nitrogen and oxygen atoms in total. The number of nitro groups is 1. The lowest BCUT2D eigenvalue weighted by molar-refractivity contribution is -0.384. The van der Waals surface area contributed by atoms with Crippen molar-refractivity contribution in [3.63, 3.8) is 0 Å². The predicted octanol–water partition coefficient (Wildman–Crippen LogP) is 2.86. The van der Waals surface area contributed by atoms with Crippen LogP contribution >= 0.6 is 0 Å². The zero-order valence-electron chi connectivity index (χ0n) is 13.7. The van der Waals surface area contributed by atoms with Crippen LogP contribution in [0.15, 0.2) is 24.3 Å². The van der Waals surface area contributed by atoms with E-state index < -0.39 is 0 Å². The zero-order valence-corrected chi connectivity index (χ0v) is 13.7. The minimum atomic E-state index is -0.374. The summed E-state index contributed by atoms with van der Waals surface area (Å²) in [7, 11) is 1.72. The number of piperidine rings is 1. The SMILES string of the molecule is Cc1nn(C)c(N2CCC(Nc3ccccc3F)CC2)c1[N+](=O)[O-]. The van der Waals surface area contributed by atoms with Gasteiger partial charge in [-0.1, -0.05) is 12.1 Å². The fourth-order valence-electron chi connectivity index (χ4n) is 3.24. The third kappa shape index (κ3) is 3.04. The van der Waals surface area contributed by atoms with Gasteiger partial charge < -0.3 is 10.2 Å². The number of hydrogen-bond acceptors (Lipinski definition) is 5. The molecular weight excluding hydrogens is 313 g/mol. The number of aromatic nitrogens is 2. The van der Waals surface area contributed by atoms with E-state index in [-0.39, 0.29) is 22.5 Å². The Morgan fingerprint density at radius 1 is 1.33 bits per heavy atom. The Hall–Kier alpha value is -2.64. The van der Waals surface area contributed by atoms with E-state index in [1.54, 1.807) is 36.9 Å². The number of aryl methyl sites for hydroxylation is 2. The molecule has 0 spiro atoms. The molecule has 24 heavy (non-hydrogen) atoms. The van der Waals surface area contributed by atoms with Gasteiger partial charge in [-0.15, -0.1) is 0 Å². The maximum atomic E-state index is 13.7. The molecule has 0 atom stereocenters. The third-order valence-electron chi connectivity index (χ3n) is 4.37. The topological polar surface area (TPSA) is 76.2 Å². The van der Waals surface area contributed by atoms with Gasteiger partial charge in [0.25, 0.3) is 0 Å². The molecule has 1 saturated heterocycles. The second-order valence-electron chi connectivity index (χ2n) is 6.02. The van der Waals surface area contributed by atoms with Crippen LogP contribution in [0.2, 0.25) is 0 Å². The molecule has 0 saturated carbocycles. The third-order valence-corrected chi connectivity index (χ3v) is 4.37. The van der Waals surface area contributed by atoms with Crippen LogP contribution in [-0.4, -0.2) is 33.8 Å². The Balaban J connectivity index is 1.70. The summed E-state index contributed by atoms with van der Waals surface area (Å²) in [5.74, 6) is 0.277. The number of nitrogens with one attached hydrogen (secondary N) is 1. The number of hydrogen-bond donors (Lipinski definition) is 1. The quantitative estimate of drug-likeness (QED) is 0.688. The standard InChI is InChI=1S/C16H20FN5O2/c1-11-15(22(23)24)16(20(2)19-11)21-9-7-12(8-10-21)18-14-6-4-3-5-13(14)17/h3-6,12,18H,7-10H2,1-2H3. The maximum Gasteiger partial charge on any atom is 0.333 e. The summed E-state index contributed by atoms with van der Waals surface area (Å²) in [5, 5.41) is 18.7. The zero-order chi connectivity index (χ0) is 17.3. The molecule has 1 aliphatic rings. The lowest BCUT2D eigenvalue weighted by atomic mass is 10.0. The molecule has 2 heterocycles. The van der Waals surface area contributed by atoms with E-state index in [2.05, 4.69) is 10.4 Å². The second kappa shape index (κ2) is 6.46. The van der Waals surface area contributed by atoms with Crippen LogP contribution < -0.4 is 10.2 Å². The van der Waals surface area contributed by atoms with Crippen molar-refractivity contribution < 1.29 is 9.31 Å². The first-order chi connectivity index (χ1) is 11.5. The Morgan fingerprint density at radius 2 is 2.00 bits per heavy atom. The van der Waals surface area contributed by atoms with E-state index in [0.717, 1.165) is 12.8 Å². The molecule has 0 radical (unpaired) electrons. The van der Waals surface area contributed by atoms with Gasteiger partial charge in [0.2, 0.25) is 5.82 Å². The minimum Gasteiger partial charge on any atom is -0.380 e. The molecule has 1 N–H and O–H groups in total. The molecule has 1 aromatic carbocycles. The average Bonchev–Trinajstić information content (AvgIpc) is 2.85.